The Bertz CT molecular complexity index is 896. The number of ketones is 1. The van der Waals surface area contributed by atoms with Crippen LogP contribution in [-0.2, 0) is 0 Å². The van der Waals surface area contributed by atoms with Crippen molar-refractivity contribution in [2.45, 2.75) is 6.92 Å². The predicted octanol–water partition coefficient (Wildman–Crippen LogP) is 2.84. The molecule has 2 aromatic carbocycles. The lowest BCUT2D eigenvalue weighted by Gasteiger charge is -2.09. The van der Waals surface area contributed by atoms with E-state index in [1.807, 2.05) is 31.2 Å². The smallest absolute Gasteiger partial charge is 0.252 e. The van der Waals surface area contributed by atoms with Crippen LogP contribution < -0.4 is 10.5 Å². The summed E-state index contributed by atoms with van der Waals surface area (Å²) in [6.07, 6.45) is 0. The number of carbonyl (C=O) groups is 2. The first kappa shape index (κ1) is 14.8. The number of carbonyl (C=O) groups excluding carboxylic acids is 2. The number of aromatic nitrogens is 1. The highest BCUT2D eigenvalue weighted by atomic mass is 16.5. The van der Waals surface area contributed by atoms with Gasteiger partial charge in [-0.25, -0.2) is 0 Å². The monoisotopic (exact) mass is 308 g/mol. The first-order valence-electron chi connectivity index (χ1n) is 7.20. The van der Waals surface area contributed by atoms with Gasteiger partial charge < -0.3 is 15.5 Å². The number of primary amides is 1. The molecular formula is C18H16N2O3. The molecule has 5 nitrogen and oxygen atoms in total. The van der Waals surface area contributed by atoms with Crippen molar-refractivity contribution < 1.29 is 14.3 Å². The molecule has 1 heterocycles. The summed E-state index contributed by atoms with van der Waals surface area (Å²) < 4.78 is 5.52. The van der Waals surface area contributed by atoms with Crippen LogP contribution in [0.1, 0.15) is 26.4 Å². The number of aryl methyl sites for hydroxylation is 1. The third kappa shape index (κ3) is 2.81. The molecule has 5 heteroatoms. The maximum Gasteiger partial charge on any atom is 0.252 e. The normalized spacial score (nSPS) is 10.7. The fraction of sp³-hybridized carbons (Fsp3) is 0.111. The summed E-state index contributed by atoms with van der Waals surface area (Å²) in [5.74, 6) is -0.429. The molecule has 0 radical (unpaired) electrons. The maximum atomic E-state index is 12.5. The van der Waals surface area contributed by atoms with Crippen molar-refractivity contribution in [3.63, 3.8) is 0 Å². The van der Waals surface area contributed by atoms with Crippen LogP contribution in [-0.4, -0.2) is 23.3 Å². The van der Waals surface area contributed by atoms with Gasteiger partial charge in [0.25, 0.3) is 5.91 Å². The number of aromatic amines is 1. The lowest BCUT2D eigenvalue weighted by molar-refractivity contribution is 0.0913. The number of para-hydroxylation sites is 2. The molecular weight excluding hydrogens is 292 g/mol. The average Bonchev–Trinajstić information content (AvgIpc) is 2.88. The zero-order valence-corrected chi connectivity index (χ0v) is 12.6. The van der Waals surface area contributed by atoms with Crippen LogP contribution in [0.25, 0.3) is 10.9 Å². The summed E-state index contributed by atoms with van der Waals surface area (Å²) in [7, 11) is 0. The molecule has 0 atom stereocenters. The second kappa shape index (κ2) is 5.96. The van der Waals surface area contributed by atoms with E-state index in [-0.39, 0.29) is 18.0 Å². The summed E-state index contributed by atoms with van der Waals surface area (Å²) in [6, 6.07) is 14.2. The lowest BCUT2D eigenvalue weighted by atomic mass is 10.1. The quantitative estimate of drug-likeness (QED) is 0.711. The van der Waals surface area contributed by atoms with Crippen molar-refractivity contribution in [2.24, 2.45) is 5.73 Å². The largest absolute Gasteiger partial charge is 0.485 e. The number of ether oxygens (including phenoxy) is 1. The van der Waals surface area contributed by atoms with E-state index in [9.17, 15) is 9.59 Å². The summed E-state index contributed by atoms with van der Waals surface area (Å²) in [5.41, 5.74) is 7.88. The van der Waals surface area contributed by atoms with Gasteiger partial charge in [-0.15, -0.1) is 0 Å². The Morgan fingerprint density at radius 3 is 2.57 bits per heavy atom. The number of benzene rings is 2. The summed E-state index contributed by atoms with van der Waals surface area (Å²) >= 11 is 0. The minimum atomic E-state index is -0.587. The van der Waals surface area contributed by atoms with Gasteiger partial charge in [-0.3, -0.25) is 9.59 Å². The molecule has 0 aliphatic heterocycles. The number of fused-ring (bicyclic) bond motifs is 1. The van der Waals surface area contributed by atoms with E-state index in [2.05, 4.69) is 4.98 Å². The van der Waals surface area contributed by atoms with Crippen molar-refractivity contribution in [1.29, 1.82) is 0 Å². The van der Waals surface area contributed by atoms with Gasteiger partial charge in [-0.1, -0.05) is 30.3 Å². The molecule has 3 N–H and O–H groups in total. The Balaban J connectivity index is 1.85. The Morgan fingerprint density at radius 1 is 1.09 bits per heavy atom. The summed E-state index contributed by atoms with van der Waals surface area (Å²) in [5, 5.41) is 0.863. The Hall–Kier alpha value is -3.08. The predicted molar refractivity (Wildman–Crippen MR) is 87.8 cm³/mol. The van der Waals surface area contributed by atoms with E-state index in [1.54, 1.807) is 24.3 Å². The number of rotatable bonds is 5. The molecule has 23 heavy (non-hydrogen) atoms. The number of nitrogens with one attached hydrogen (secondary N) is 1. The van der Waals surface area contributed by atoms with Crippen LogP contribution in [0.15, 0.2) is 48.5 Å². The second-order valence-electron chi connectivity index (χ2n) is 5.24. The van der Waals surface area contributed by atoms with Gasteiger partial charge in [0.05, 0.1) is 5.56 Å². The Kier molecular flexibility index (Phi) is 3.85. The van der Waals surface area contributed by atoms with E-state index in [4.69, 9.17) is 10.5 Å². The molecule has 0 unspecified atom stereocenters. The number of nitrogens with two attached hydrogens (primary N) is 1. The third-order valence-electron chi connectivity index (χ3n) is 3.68. The molecule has 0 saturated carbocycles. The number of hydrogen-bond acceptors (Lipinski definition) is 3. The summed E-state index contributed by atoms with van der Waals surface area (Å²) in [4.78, 5) is 27.1. The molecule has 1 aromatic heterocycles. The van der Waals surface area contributed by atoms with Gasteiger partial charge in [0, 0.05) is 22.2 Å². The molecule has 116 valence electrons. The molecule has 3 aromatic rings. The number of amides is 1. The van der Waals surface area contributed by atoms with Crippen molar-refractivity contribution in [3.8, 4) is 5.75 Å². The van der Waals surface area contributed by atoms with Crippen LogP contribution in [0, 0.1) is 6.92 Å². The van der Waals surface area contributed by atoms with E-state index >= 15 is 0 Å². The van der Waals surface area contributed by atoms with Crippen molar-refractivity contribution in [3.05, 3.63) is 65.4 Å². The fourth-order valence-corrected chi connectivity index (χ4v) is 2.65. The average molecular weight is 308 g/mol. The zero-order valence-electron chi connectivity index (χ0n) is 12.6. The first-order chi connectivity index (χ1) is 11.1. The zero-order chi connectivity index (χ0) is 16.4. The molecule has 0 aliphatic rings. The highest BCUT2D eigenvalue weighted by Crippen LogP contribution is 2.23. The Labute approximate surface area is 133 Å². The molecule has 0 saturated heterocycles. The van der Waals surface area contributed by atoms with Gasteiger partial charge in [0.1, 0.15) is 5.75 Å². The third-order valence-corrected chi connectivity index (χ3v) is 3.68. The van der Waals surface area contributed by atoms with Crippen LogP contribution in [0.5, 0.6) is 5.75 Å². The van der Waals surface area contributed by atoms with Crippen LogP contribution >= 0.6 is 0 Å². The van der Waals surface area contributed by atoms with E-state index in [0.29, 0.717) is 11.3 Å². The fourth-order valence-electron chi connectivity index (χ4n) is 2.65. The van der Waals surface area contributed by atoms with Crippen LogP contribution in [0.4, 0.5) is 0 Å². The highest BCUT2D eigenvalue weighted by molar-refractivity contribution is 6.10. The van der Waals surface area contributed by atoms with Gasteiger partial charge in [-0.2, -0.15) is 0 Å². The second-order valence-corrected chi connectivity index (χ2v) is 5.24. The van der Waals surface area contributed by atoms with Gasteiger partial charge in [0.2, 0.25) is 5.78 Å². The SMILES string of the molecule is Cc1[nH]c2ccccc2c1C(=O)COc1ccccc1C(N)=O. The minimum Gasteiger partial charge on any atom is -0.485 e. The van der Waals surface area contributed by atoms with E-state index in [1.165, 1.54) is 0 Å². The van der Waals surface area contributed by atoms with Crippen molar-refractivity contribution in [1.82, 2.24) is 4.98 Å². The van der Waals surface area contributed by atoms with Gasteiger partial charge >= 0.3 is 0 Å². The molecule has 0 fully saturated rings. The van der Waals surface area contributed by atoms with Gasteiger partial charge in [-0.05, 0) is 25.1 Å². The number of hydrogen-bond donors (Lipinski definition) is 2. The van der Waals surface area contributed by atoms with Crippen molar-refractivity contribution in [2.75, 3.05) is 6.61 Å². The minimum absolute atomic E-state index is 0.153. The standard InChI is InChI=1S/C18H16N2O3/c1-11-17(12-6-2-4-8-14(12)20-11)15(21)10-23-16-9-5-3-7-13(16)18(19)22/h2-9,20H,10H2,1H3,(H2,19,22). The summed E-state index contributed by atoms with van der Waals surface area (Å²) in [6.45, 7) is 1.69. The molecule has 1 amide bonds. The molecule has 3 rings (SSSR count). The Morgan fingerprint density at radius 2 is 1.78 bits per heavy atom. The van der Waals surface area contributed by atoms with Crippen molar-refractivity contribution >= 4 is 22.6 Å². The van der Waals surface area contributed by atoms with Crippen LogP contribution in [0.2, 0.25) is 0 Å². The van der Waals surface area contributed by atoms with E-state index < -0.39 is 5.91 Å². The molecule has 0 spiro atoms. The van der Waals surface area contributed by atoms with Gasteiger partial charge in [0.15, 0.2) is 6.61 Å². The topological polar surface area (TPSA) is 85.2 Å². The number of H-pyrrole nitrogens is 1. The van der Waals surface area contributed by atoms with Crippen LogP contribution in [0.3, 0.4) is 0 Å². The number of Topliss-reactive ketones (excluding diaryl/α,β-unsaturated/α-hetero) is 1. The molecule has 0 bridgehead atoms. The molecule has 0 aliphatic carbocycles. The lowest BCUT2D eigenvalue weighted by Crippen LogP contribution is -2.16. The van der Waals surface area contributed by atoms with E-state index in [0.717, 1.165) is 16.6 Å². The maximum absolute atomic E-state index is 12.5. The highest BCUT2D eigenvalue weighted by Gasteiger charge is 2.17. The first-order valence-corrected chi connectivity index (χ1v) is 7.20.